The third-order valence-electron chi connectivity index (χ3n) is 9.73. The molecular formula is C38H46F21NO2. The van der Waals surface area contributed by atoms with Gasteiger partial charge in [-0.25, -0.2) is 13.2 Å². The van der Waals surface area contributed by atoms with Crippen molar-refractivity contribution in [2.45, 2.75) is 177 Å². The molecule has 1 N–H and O–H groups in total. The number of rotatable bonds is 30. The van der Waals surface area contributed by atoms with Crippen LogP contribution in [0, 0.1) is 23.3 Å². The summed E-state index contributed by atoms with van der Waals surface area (Å²) in [5.74, 6) is -73.5. The lowest BCUT2D eigenvalue weighted by Crippen LogP contribution is -2.72. The summed E-state index contributed by atoms with van der Waals surface area (Å²) in [6.07, 6.45) is 12.1. The minimum atomic E-state index is -8.89. The van der Waals surface area contributed by atoms with Gasteiger partial charge in [0.05, 0.1) is 0 Å². The highest BCUT2D eigenvalue weighted by atomic mass is 19.4. The first-order valence-electron chi connectivity index (χ1n) is 19.6. The van der Waals surface area contributed by atoms with Gasteiger partial charge >= 0.3 is 47.7 Å². The predicted octanol–water partition coefficient (Wildman–Crippen LogP) is 15.7. The van der Waals surface area contributed by atoms with Crippen LogP contribution in [0.5, 0.6) is 5.75 Å². The topological polar surface area (TPSA) is 38.3 Å². The first-order chi connectivity index (χ1) is 28.4. The van der Waals surface area contributed by atoms with E-state index in [0.717, 1.165) is 38.5 Å². The number of hydrogen-bond acceptors (Lipinski definition) is 2. The van der Waals surface area contributed by atoms with Crippen molar-refractivity contribution >= 4 is 5.91 Å². The fraction of sp³-hybridized carbons (Fsp3) is 0.763. The van der Waals surface area contributed by atoms with Crippen molar-refractivity contribution in [3.63, 3.8) is 0 Å². The minimum absolute atomic E-state index is 0.0194. The normalized spacial score (nSPS) is 14.0. The van der Waals surface area contributed by atoms with Crippen molar-refractivity contribution in [3.05, 3.63) is 40.7 Å². The zero-order chi connectivity index (χ0) is 48.0. The minimum Gasteiger partial charge on any atom is -0.425 e. The van der Waals surface area contributed by atoms with Crippen molar-refractivity contribution in [2.24, 2.45) is 0 Å². The van der Waals surface area contributed by atoms with Crippen LogP contribution in [0.3, 0.4) is 0 Å². The number of carbonyl (C=O) groups is 1. The van der Waals surface area contributed by atoms with Crippen LogP contribution < -0.4 is 10.1 Å². The summed E-state index contributed by atoms with van der Waals surface area (Å²) in [4.78, 5) is 12.5. The summed E-state index contributed by atoms with van der Waals surface area (Å²) in [5.41, 5.74) is -2.36. The smallest absolute Gasteiger partial charge is 0.425 e. The monoisotopic (exact) mass is 947 g/mol. The van der Waals surface area contributed by atoms with E-state index in [-0.39, 0.29) is 6.42 Å². The van der Waals surface area contributed by atoms with Gasteiger partial charge in [-0.1, -0.05) is 129 Å². The van der Waals surface area contributed by atoms with E-state index in [1.807, 2.05) is 0 Å². The molecule has 0 aromatic heterocycles. The molecule has 0 radical (unpaired) electrons. The molecule has 0 unspecified atom stereocenters. The fourth-order valence-corrected chi connectivity index (χ4v) is 5.94. The zero-order valence-corrected chi connectivity index (χ0v) is 33.1. The molecule has 0 bridgehead atoms. The molecule has 62 heavy (non-hydrogen) atoms. The summed E-state index contributed by atoms with van der Waals surface area (Å²) in [5, 5.41) is 1.73. The van der Waals surface area contributed by atoms with E-state index >= 15 is 0 Å². The average Bonchev–Trinajstić information content (AvgIpc) is 3.18. The summed E-state index contributed by atoms with van der Waals surface area (Å²) in [6, 6.07) is -4.30. The quantitative estimate of drug-likeness (QED) is 0.0274. The Kier molecular flexibility index (Phi) is 21.6. The van der Waals surface area contributed by atoms with Crippen molar-refractivity contribution in [3.8, 4) is 5.75 Å². The molecule has 0 aliphatic rings. The van der Waals surface area contributed by atoms with Crippen LogP contribution >= 0.6 is 0 Å². The van der Waals surface area contributed by atoms with Crippen LogP contribution in [-0.2, 0) is 0 Å². The van der Waals surface area contributed by atoms with Gasteiger partial charge in [-0.05, 0) is 6.42 Å². The molecule has 0 saturated carbocycles. The molecule has 0 atom stereocenters. The molecule has 0 spiro atoms. The van der Waals surface area contributed by atoms with Crippen LogP contribution in [0.2, 0.25) is 0 Å². The number of benzene rings is 1. The van der Waals surface area contributed by atoms with Crippen LogP contribution in [0.25, 0.3) is 0 Å². The van der Waals surface area contributed by atoms with E-state index in [4.69, 9.17) is 0 Å². The Hall–Kier alpha value is -3.24. The molecule has 1 amide bonds. The predicted molar refractivity (Wildman–Crippen MR) is 182 cm³/mol. The van der Waals surface area contributed by atoms with Crippen LogP contribution in [-0.4, -0.2) is 54.2 Å². The lowest BCUT2D eigenvalue weighted by atomic mass is 9.91. The number of hydrogen-bond donors (Lipinski definition) is 1. The third kappa shape index (κ3) is 13.2. The van der Waals surface area contributed by atoms with Gasteiger partial charge in [-0.15, -0.1) is 0 Å². The van der Waals surface area contributed by atoms with Crippen LogP contribution in [0.4, 0.5) is 92.2 Å². The number of allylic oxidation sites excluding steroid dienone is 1. The van der Waals surface area contributed by atoms with Crippen LogP contribution in [0.1, 0.15) is 146 Å². The summed E-state index contributed by atoms with van der Waals surface area (Å²) < 4.78 is 290. The standard InChI is InChI=1S/C38H46F21NO2/c1-2-3-4-5-6-7-8-9-10-11-12-13-14-15-16-17-18-19-20-21-22-60-31(61)23-24(39)25(40)26(41)27(42)28(23)62-30(44)29(43)32(45,46)33(47,48)34(49,50)35(51,52)36(53,54)37(55,56)38(57,58)59/h2-22H2,1H3,(H,60,61). The van der Waals surface area contributed by atoms with E-state index in [0.29, 0.717) is 19.3 Å². The Morgan fingerprint density at radius 2 is 0.774 bits per heavy atom. The molecule has 3 nitrogen and oxygen atoms in total. The van der Waals surface area contributed by atoms with Gasteiger partial charge in [0.2, 0.25) is 17.5 Å². The maximum Gasteiger partial charge on any atom is 0.460 e. The molecule has 1 aromatic rings. The van der Waals surface area contributed by atoms with E-state index < -0.39 is 101 Å². The van der Waals surface area contributed by atoms with Gasteiger partial charge in [-0.3, -0.25) is 4.79 Å². The van der Waals surface area contributed by atoms with Gasteiger partial charge in [0, 0.05) is 6.54 Å². The van der Waals surface area contributed by atoms with Crippen molar-refractivity contribution < 1.29 is 102 Å². The molecule has 1 aromatic carbocycles. The van der Waals surface area contributed by atoms with Crippen molar-refractivity contribution in [2.75, 3.05) is 6.54 Å². The highest BCUT2D eigenvalue weighted by Gasteiger charge is 2.94. The lowest BCUT2D eigenvalue weighted by Gasteiger charge is -2.41. The molecule has 0 aliphatic carbocycles. The summed E-state index contributed by atoms with van der Waals surface area (Å²) in [7, 11) is 0. The van der Waals surface area contributed by atoms with Crippen molar-refractivity contribution in [1.82, 2.24) is 5.32 Å². The van der Waals surface area contributed by atoms with Crippen molar-refractivity contribution in [1.29, 1.82) is 0 Å². The molecule has 0 fully saturated rings. The Balaban J connectivity index is 2.89. The number of unbranched alkanes of at least 4 members (excludes halogenated alkanes) is 19. The van der Waals surface area contributed by atoms with E-state index in [9.17, 15) is 97.0 Å². The van der Waals surface area contributed by atoms with Gasteiger partial charge in [0.25, 0.3) is 5.91 Å². The average molecular weight is 948 g/mol. The van der Waals surface area contributed by atoms with Gasteiger partial charge in [-0.2, -0.15) is 79.0 Å². The Morgan fingerprint density at radius 1 is 0.452 bits per heavy atom. The van der Waals surface area contributed by atoms with E-state index in [2.05, 4.69) is 11.7 Å². The first-order valence-corrected chi connectivity index (χ1v) is 19.6. The summed E-state index contributed by atoms with van der Waals surface area (Å²) in [6.45, 7) is 1.64. The molecule has 0 saturated heterocycles. The number of carbonyl (C=O) groups excluding carboxylic acids is 1. The number of ether oxygens (including phenoxy) is 1. The lowest BCUT2D eigenvalue weighted by molar-refractivity contribution is -0.451. The maximum absolute atomic E-state index is 14.6. The molecule has 362 valence electrons. The summed E-state index contributed by atoms with van der Waals surface area (Å²) >= 11 is 0. The molecular weight excluding hydrogens is 901 g/mol. The highest BCUT2D eigenvalue weighted by Crippen LogP contribution is 2.63. The second-order valence-corrected chi connectivity index (χ2v) is 14.6. The SMILES string of the molecule is CCCCCCCCCCCCCCCCCCCCCCNC(=O)c1c(F)c(F)c(F)c(F)c1OC(F)=C(F)C(F)(F)C(F)(F)C(F)(F)C(F)(F)C(F)(F)C(F)(F)C(F)(F)F. The molecule has 0 heterocycles. The Morgan fingerprint density at radius 3 is 1.15 bits per heavy atom. The van der Waals surface area contributed by atoms with E-state index in [1.54, 1.807) is 5.32 Å². The van der Waals surface area contributed by atoms with Gasteiger partial charge < -0.3 is 10.1 Å². The number of amides is 1. The second-order valence-electron chi connectivity index (χ2n) is 14.6. The molecule has 24 heteroatoms. The number of halogens is 21. The number of nitrogens with one attached hydrogen (secondary N) is 1. The van der Waals surface area contributed by atoms with E-state index in [1.165, 1.54) is 64.2 Å². The highest BCUT2D eigenvalue weighted by molar-refractivity contribution is 5.97. The van der Waals surface area contributed by atoms with Gasteiger partial charge in [0.15, 0.2) is 17.4 Å². The third-order valence-corrected chi connectivity index (χ3v) is 9.73. The second kappa shape index (κ2) is 23.6. The Bertz CT molecular complexity index is 1590. The first kappa shape index (κ1) is 56.8. The van der Waals surface area contributed by atoms with Gasteiger partial charge in [0.1, 0.15) is 5.56 Å². The fourth-order valence-electron chi connectivity index (χ4n) is 5.94. The zero-order valence-electron chi connectivity index (χ0n) is 33.1. The molecule has 0 aliphatic heterocycles. The Labute approximate surface area is 343 Å². The largest absolute Gasteiger partial charge is 0.460 e. The number of alkyl halides is 15. The van der Waals surface area contributed by atoms with Crippen LogP contribution in [0.15, 0.2) is 11.8 Å². The molecule has 1 rings (SSSR count). The maximum atomic E-state index is 14.6.